The number of fused-ring (bicyclic) bond motifs is 1. The van der Waals surface area contributed by atoms with Gasteiger partial charge in [0.25, 0.3) is 0 Å². The minimum atomic E-state index is -3.88. The van der Waals surface area contributed by atoms with Crippen molar-refractivity contribution in [3.8, 4) is 11.5 Å². The summed E-state index contributed by atoms with van der Waals surface area (Å²) in [5.74, 6) is 0.188. The molecule has 58 heavy (non-hydrogen) atoms. The number of phenols is 1. The lowest BCUT2D eigenvalue weighted by molar-refractivity contribution is -0.116. The molecular formula is C45H52N6O6S. The number of aromatic amines is 1. The van der Waals surface area contributed by atoms with Gasteiger partial charge in [0, 0.05) is 67.6 Å². The Labute approximate surface area is 339 Å². The van der Waals surface area contributed by atoms with Crippen molar-refractivity contribution in [3.05, 3.63) is 118 Å². The lowest BCUT2D eigenvalue weighted by Crippen LogP contribution is -2.53. The first-order valence-electron chi connectivity index (χ1n) is 20.5. The number of benzene rings is 3. The van der Waals surface area contributed by atoms with E-state index in [2.05, 4.69) is 30.4 Å². The van der Waals surface area contributed by atoms with Crippen molar-refractivity contribution in [2.45, 2.75) is 85.8 Å². The fraction of sp³-hybridized carbons (Fsp3) is 0.400. The van der Waals surface area contributed by atoms with Crippen molar-refractivity contribution in [1.82, 2.24) is 25.1 Å². The molecule has 304 valence electrons. The number of carbonyl (C=O) groups excluding carboxylic acids is 1. The smallest absolute Gasteiger partial charge is 0.248 e. The standard InChI is InChI=1S/C45H52N6O6S/c52-40-16-11-33(39-15-17-41(53)49-44(39)40)19-23-46-30-32-9-13-35(14-10-32)48-42(54)20-28-57-37-7-4-8-38(29-37)58(55,56)43-18-12-34(31-47-43)45(21-22-45)51-26-24-50(25-27-51)36-5-2-1-3-6-36/h4,7-18,29,31,36,46,52H,1-3,5-6,19-28,30H2,(H,48,54)(H,49,53). The second-order valence-electron chi connectivity index (χ2n) is 15.8. The van der Waals surface area contributed by atoms with Crippen LogP contribution in [-0.4, -0.2) is 84.6 Å². The molecule has 0 radical (unpaired) electrons. The lowest BCUT2D eigenvalue weighted by atomic mass is 9.93. The second kappa shape index (κ2) is 17.4. The summed E-state index contributed by atoms with van der Waals surface area (Å²) in [4.78, 5) is 36.9. The number of aromatic nitrogens is 2. The van der Waals surface area contributed by atoms with E-state index in [0.29, 0.717) is 36.5 Å². The predicted molar refractivity (Wildman–Crippen MR) is 224 cm³/mol. The van der Waals surface area contributed by atoms with Gasteiger partial charge in [-0.2, -0.15) is 0 Å². The lowest BCUT2D eigenvalue weighted by Gasteiger charge is -2.43. The number of phenolic OH excluding ortho intramolecular Hbond substituents is 1. The number of hydrogen-bond acceptors (Lipinski definition) is 10. The minimum Gasteiger partial charge on any atom is -0.506 e. The Morgan fingerprint density at radius 3 is 2.47 bits per heavy atom. The van der Waals surface area contributed by atoms with Crippen LogP contribution in [0.1, 0.15) is 68.1 Å². The normalized spacial score (nSPS) is 17.6. The van der Waals surface area contributed by atoms with Crippen LogP contribution >= 0.6 is 0 Å². The fourth-order valence-corrected chi connectivity index (χ4v) is 9.90. The molecule has 5 aromatic rings. The van der Waals surface area contributed by atoms with Crippen LogP contribution in [0, 0.1) is 0 Å². The van der Waals surface area contributed by atoms with E-state index in [4.69, 9.17) is 4.74 Å². The summed E-state index contributed by atoms with van der Waals surface area (Å²) in [5, 5.41) is 17.2. The van der Waals surface area contributed by atoms with Crippen molar-refractivity contribution in [1.29, 1.82) is 0 Å². The largest absolute Gasteiger partial charge is 0.506 e. The summed E-state index contributed by atoms with van der Waals surface area (Å²) in [5.41, 5.74) is 3.97. The van der Waals surface area contributed by atoms with Crippen molar-refractivity contribution in [2.24, 2.45) is 0 Å². The molecule has 3 aromatic carbocycles. The summed E-state index contributed by atoms with van der Waals surface area (Å²) >= 11 is 0. The van der Waals surface area contributed by atoms with Crippen LogP contribution in [0.25, 0.3) is 10.9 Å². The summed E-state index contributed by atoms with van der Waals surface area (Å²) in [6.07, 6.45) is 11.4. The molecule has 1 amide bonds. The van der Waals surface area contributed by atoms with Crippen LogP contribution in [-0.2, 0) is 33.1 Å². The molecule has 8 rings (SSSR count). The summed E-state index contributed by atoms with van der Waals surface area (Å²) in [6.45, 7) is 5.66. The van der Waals surface area contributed by atoms with Gasteiger partial charge in [-0.1, -0.05) is 49.6 Å². The van der Waals surface area contributed by atoms with Crippen molar-refractivity contribution >= 4 is 32.3 Å². The number of nitrogens with zero attached hydrogens (tertiary/aromatic N) is 3. The van der Waals surface area contributed by atoms with Gasteiger partial charge in [0.2, 0.25) is 21.3 Å². The maximum Gasteiger partial charge on any atom is 0.248 e. The molecule has 0 spiro atoms. The highest BCUT2D eigenvalue weighted by molar-refractivity contribution is 7.91. The molecule has 2 aliphatic carbocycles. The number of sulfone groups is 1. The number of piperazine rings is 1. The molecule has 3 fully saturated rings. The number of aromatic hydroxyl groups is 1. The maximum atomic E-state index is 13.6. The van der Waals surface area contributed by atoms with Gasteiger partial charge in [-0.25, -0.2) is 13.4 Å². The number of ether oxygens (including phenoxy) is 1. The van der Waals surface area contributed by atoms with E-state index in [1.54, 1.807) is 42.6 Å². The summed E-state index contributed by atoms with van der Waals surface area (Å²) < 4.78 is 33.1. The Bertz CT molecular complexity index is 2380. The number of amides is 1. The van der Waals surface area contributed by atoms with E-state index >= 15 is 0 Å². The summed E-state index contributed by atoms with van der Waals surface area (Å²) in [6, 6.07) is 24.9. The molecular weight excluding hydrogens is 753 g/mol. The van der Waals surface area contributed by atoms with E-state index in [1.165, 1.54) is 44.2 Å². The molecule has 1 aliphatic heterocycles. The van der Waals surface area contributed by atoms with Gasteiger partial charge in [-0.15, -0.1) is 0 Å². The Morgan fingerprint density at radius 2 is 1.72 bits per heavy atom. The molecule has 4 N–H and O–H groups in total. The van der Waals surface area contributed by atoms with E-state index < -0.39 is 9.84 Å². The Balaban J connectivity index is 0.779. The van der Waals surface area contributed by atoms with Gasteiger partial charge < -0.3 is 25.5 Å². The van der Waals surface area contributed by atoms with Crippen LogP contribution in [0.5, 0.6) is 11.5 Å². The third kappa shape index (κ3) is 8.97. The second-order valence-corrected chi connectivity index (χ2v) is 17.7. The van der Waals surface area contributed by atoms with E-state index in [9.17, 15) is 23.1 Å². The predicted octanol–water partition coefficient (Wildman–Crippen LogP) is 6.14. The van der Waals surface area contributed by atoms with Gasteiger partial charge in [0.05, 0.1) is 23.4 Å². The SMILES string of the molecule is O=C(CCOc1cccc(S(=O)(=O)c2ccc(C3(N4CCN(C5CCCCC5)CC4)CC3)cn2)c1)Nc1ccc(CNCCc2ccc(O)c3[nH]c(=O)ccc23)cc1. The van der Waals surface area contributed by atoms with Crippen LogP contribution in [0.2, 0.25) is 0 Å². The van der Waals surface area contributed by atoms with E-state index in [1.807, 2.05) is 36.4 Å². The molecule has 3 heterocycles. The van der Waals surface area contributed by atoms with E-state index in [0.717, 1.165) is 67.1 Å². The number of hydrogen-bond donors (Lipinski definition) is 4. The van der Waals surface area contributed by atoms with Crippen LogP contribution in [0.3, 0.4) is 0 Å². The van der Waals surface area contributed by atoms with Crippen LogP contribution < -0.4 is 20.9 Å². The minimum absolute atomic E-state index is 0.00914. The zero-order chi connectivity index (χ0) is 40.1. The van der Waals surface area contributed by atoms with Crippen molar-refractivity contribution in [3.63, 3.8) is 0 Å². The first kappa shape index (κ1) is 39.7. The molecule has 12 nitrogen and oxygen atoms in total. The summed E-state index contributed by atoms with van der Waals surface area (Å²) in [7, 11) is -3.88. The molecule has 2 saturated carbocycles. The van der Waals surface area contributed by atoms with Gasteiger partial charge in [-0.3, -0.25) is 19.4 Å². The number of anilines is 1. The molecule has 0 bridgehead atoms. The molecule has 0 unspecified atom stereocenters. The van der Waals surface area contributed by atoms with Gasteiger partial charge in [0.1, 0.15) is 11.5 Å². The highest BCUT2D eigenvalue weighted by Gasteiger charge is 2.50. The molecule has 2 aromatic heterocycles. The van der Waals surface area contributed by atoms with Gasteiger partial charge in [-0.05, 0) is 104 Å². The molecule has 13 heteroatoms. The molecule has 1 saturated heterocycles. The number of nitrogens with one attached hydrogen (secondary N) is 3. The first-order valence-corrected chi connectivity index (χ1v) is 22.0. The van der Waals surface area contributed by atoms with Crippen molar-refractivity contribution in [2.75, 3.05) is 44.6 Å². The Kier molecular flexibility index (Phi) is 11.9. The average molecular weight is 805 g/mol. The topological polar surface area (TPSA) is 157 Å². The van der Waals surface area contributed by atoms with Gasteiger partial charge >= 0.3 is 0 Å². The number of carbonyl (C=O) groups is 1. The van der Waals surface area contributed by atoms with Crippen LogP contribution in [0.15, 0.2) is 106 Å². The first-order chi connectivity index (χ1) is 28.2. The monoisotopic (exact) mass is 804 g/mol. The van der Waals surface area contributed by atoms with E-state index in [-0.39, 0.29) is 45.7 Å². The zero-order valence-electron chi connectivity index (χ0n) is 32.8. The van der Waals surface area contributed by atoms with Gasteiger partial charge in [0.15, 0.2) is 5.03 Å². The fourth-order valence-electron chi connectivity index (χ4n) is 8.70. The Hall–Kier alpha value is -5.08. The maximum absolute atomic E-state index is 13.6. The third-order valence-corrected chi connectivity index (χ3v) is 13.8. The highest BCUT2D eigenvalue weighted by Crippen LogP contribution is 2.51. The number of pyridine rings is 2. The molecule has 0 atom stereocenters. The average Bonchev–Trinajstić information content (AvgIpc) is 4.07. The van der Waals surface area contributed by atoms with Crippen molar-refractivity contribution < 1.29 is 23.1 Å². The number of rotatable bonds is 15. The zero-order valence-corrected chi connectivity index (χ0v) is 33.6. The quantitative estimate of drug-likeness (QED) is 0.0907. The molecule has 3 aliphatic rings. The third-order valence-electron chi connectivity index (χ3n) is 12.1. The number of H-pyrrole nitrogens is 1. The highest BCUT2D eigenvalue weighted by atomic mass is 32.2. The Morgan fingerprint density at radius 1 is 0.931 bits per heavy atom. The van der Waals surface area contributed by atoms with Crippen LogP contribution in [0.4, 0.5) is 5.69 Å².